The molecule has 1 saturated carbocycles. The quantitative estimate of drug-likeness (QED) is 0.519. The second-order valence-electron chi connectivity index (χ2n) is 10.5. The first-order valence-corrected chi connectivity index (χ1v) is 12.2. The monoisotopic (exact) mass is 461 g/mol. The van der Waals surface area contributed by atoms with E-state index in [0.717, 1.165) is 23.1 Å². The lowest BCUT2D eigenvalue weighted by Crippen LogP contribution is -2.58. The smallest absolute Gasteiger partial charge is 0.408 e. The SMILES string of the molecule is CCc1ccccc1C1=CC2(C(=O)OC(C)(C)C)CCC1(NC(=O)OCc1ccccc1)CC2. The van der Waals surface area contributed by atoms with Crippen molar-refractivity contribution in [2.45, 2.75) is 77.5 Å². The molecule has 1 amide bonds. The van der Waals surface area contributed by atoms with Crippen LogP contribution in [-0.4, -0.2) is 23.2 Å². The third kappa shape index (κ3) is 4.89. The van der Waals surface area contributed by atoms with Gasteiger partial charge in [0.05, 0.1) is 11.0 Å². The summed E-state index contributed by atoms with van der Waals surface area (Å²) in [6.45, 7) is 8.05. The number of alkyl carbamates (subject to hydrolysis) is 1. The zero-order valence-electron chi connectivity index (χ0n) is 20.6. The minimum Gasteiger partial charge on any atom is -0.459 e. The Labute approximate surface area is 202 Å². The maximum Gasteiger partial charge on any atom is 0.408 e. The van der Waals surface area contributed by atoms with Crippen molar-refractivity contribution in [1.29, 1.82) is 0 Å². The Morgan fingerprint density at radius 3 is 2.24 bits per heavy atom. The summed E-state index contributed by atoms with van der Waals surface area (Å²) in [5.74, 6) is -0.175. The van der Waals surface area contributed by atoms with Gasteiger partial charge in [0.2, 0.25) is 0 Å². The van der Waals surface area contributed by atoms with Gasteiger partial charge in [0.25, 0.3) is 0 Å². The Balaban J connectivity index is 1.66. The van der Waals surface area contributed by atoms with Crippen LogP contribution in [0, 0.1) is 5.41 Å². The highest BCUT2D eigenvalue weighted by atomic mass is 16.6. The van der Waals surface area contributed by atoms with E-state index in [1.54, 1.807) is 0 Å². The summed E-state index contributed by atoms with van der Waals surface area (Å²) in [6, 6.07) is 17.9. The molecule has 1 fully saturated rings. The molecular formula is C29H35NO4. The van der Waals surface area contributed by atoms with E-state index in [-0.39, 0.29) is 12.6 Å². The first-order chi connectivity index (χ1) is 16.2. The van der Waals surface area contributed by atoms with Crippen LogP contribution in [0.25, 0.3) is 5.57 Å². The third-order valence-corrected chi connectivity index (χ3v) is 6.98. The number of esters is 1. The predicted molar refractivity (Wildman–Crippen MR) is 133 cm³/mol. The molecular weight excluding hydrogens is 426 g/mol. The van der Waals surface area contributed by atoms with E-state index in [0.29, 0.717) is 25.7 Å². The molecule has 5 nitrogen and oxygen atoms in total. The number of hydrogen-bond donors (Lipinski definition) is 1. The summed E-state index contributed by atoms with van der Waals surface area (Å²) in [6.07, 6.45) is 5.11. The average Bonchev–Trinajstić information content (AvgIpc) is 2.83. The van der Waals surface area contributed by atoms with Crippen molar-refractivity contribution in [2.24, 2.45) is 5.41 Å². The number of benzene rings is 2. The first-order valence-electron chi connectivity index (χ1n) is 12.2. The molecule has 5 rings (SSSR count). The topological polar surface area (TPSA) is 64.6 Å². The van der Waals surface area contributed by atoms with E-state index in [2.05, 4.69) is 30.4 Å². The maximum absolute atomic E-state index is 13.3. The maximum atomic E-state index is 13.3. The number of hydrogen-bond acceptors (Lipinski definition) is 4. The molecule has 2 aromatic rings. The Hall–Kier alpha value is -3.08. The van der Waals surface area contributed by atoms with Gasteiger partial charge in [-0.25, -0.2) is 4.79 Å². The fourth-order valence-corrected chi connectivity index (χ4v) is 5.17. The van der Waals surface area contributed by atoms with Gasteiger partial charge in [-0.1, -0.05) is 67.6 Å². The fraction of sp³-hybridized carbons (Fsp3) is 0.448. The third-order valence-electron chi connectivity index (χ3n) is 6.98. The lowest BCUT2D eigenvalue weighted by molar-refractivity contribution is -0.167. The molecule has 0 radical (unpaired) electrons. The molecule has 0 saturated heterocycles. The van der Waals surface area contributed by atoms with E-state index in [4.69, 9.17) is 9.47 Å². The summed E-state index contributed by atoms with van der Waals surface area (Å²) in [4.78, 5) is 26.3. The number of ether oxygens (including phenoxy) is 2. The van der Waals surface area contributed by atoms with Crippen LogP contribution in [-0.2, 0) is 27.3 Å². The molecule has 0 aromatic heterocycles. The number of aryl methyl sites for hydroxylation is 1. The zero-order valence-corrected chi connectivity index (χ0v) is 20.6. The number of amides is 1. The molecule has 0 unspecified atom stereocenters. The van der Waals surface area contributed by atoms with Crippen LogP contribution in [0.1, 0.15) is 70.1 Å². The lowest BCUT2D eigenvalue weighted by Gasteiger charge is -2.51. The van der Waals surface area contributed by atoms with Crippen LogP contribution in [0.15, 0.2) is 60.7 Å². The molecule has 2 bridgehead atoms. The second-order valence-corrected chi connectivity index (χ2v) is 10.5. The summed E-state index contributed by atoms with van der Waals surface area (Å²) < 4.78 is 11.4. The fourth-order valence-electron chi connectivity index (χ4n) is 5.17. The van der Waals surface area contributed by atoms with Gasteiger partial charge in [0.1, 0.15) is 12.2 Å². The molecule has 180 valence electrons. The Kier molecular flexibility index (Phi) is 6.57. The van der Waals surface area contributed by atoms with Gasteiger partial charge in [0.15, 0.2) is 0 Å². The van der Waals surface area contributed by atoms with E-state index in [1.807, 2.05) is 63.2 Å². The molecule has 0 atom stereocenters. The van der Waals surface area contributed by atoms with Gasteiger partial charge >= 0.3 is 12.1 Å². The predicted octanol–water partition coefficient (Wildman–Crippen LogP) is 6.21. The van der Waals surface area contributed by atoms with Crippen molar-refractivity contribution in [3.05, 3.63) is 77.4 Å². The van der Waals surface area contributed by atoms with Crippen molar-refractivity contribution >= 4 is 17.6 Å². The van der Waals surface area contributed by atoms with Crippen LogP contribution in [0.3, 0.4) is 0 Å². The zero-order chi connectivity index (χ0) is 24.4. The van der Waals surface area contributed by atoms with Gasteiger partial charge in [-0.3, -0.25) is 4.79 Å². The molecule has 34 heavy (non-hydrogen) atoms. The van der Waals surface area contributed by atoms with E-state index < -0.39 is 22.6 Å². The highest BCUT2D eigenvalue weighted by Crippen LogP contribution is 2.55. The highest BCUT2D eigenvalue weighted by Gasteiger charge is 2.55. The number of fused-ring (bicyclic) bond motifs is 2. The van der Waals surface area contributed by atoms with Crippen molar-refractivity contribution in [2.75, 3.05) is 0 Å². The summed E-state index contributed by atoms with van der Waals surface area (Å²) in [5.41, 5.74) is 2.44. The highest BCUT2D eigenvalue weighted by molar-refractivity contribution is 5.89. The van der Waals surface area contributed by atoms with Gasteiger partial charge in [-0.2, -0.15) is 0 Å². The number of nitrogens with one attached hydrogen (secondary N) is 1. The van der Waals surface area contributed by atoms with Crippen molar-refractivity contribution in [1.82, 2.24) is 5.32 Å². The molecule has 3 aliphatic carbocycles. The van der Waals surface area contributed by atoms with Gasteiger partial charge in [-0.15, -0.1) is 0 Å². The Bertz CT molecular complexity index is 1070. The van der Waals surface area contributed by atoms with Crippen LogP contribution >= 0.6 is 0 Å². The normalized spacial score (nSPS) is 23.7. The molecule has 0 heterocycles. The summed E-state index contributed by atoms with van der Waals surface area (Å²) in [5, 5.41) is 3.21. The summed E-state index contributed by atoms with van der Waals surface area (Å²) >= 11 is 0. The number of rotatable bonds is 6. The van der Waals surface area contributed by atoms with E-state index in [9.17, 15) is 9.59 Å². The van der Waals surface area contributed by atoms with Gasteiger partial charge < -0.3 is 14.8 Å². The molecule has 0 aliphatic heterocycles. The lowest BCUT2D eigenvalue weighted by atomic mass is 9.57. The minimum absolute atomic E-state index is 0.175. The van der Waals surface area contributed by atoms with Crippen LogP contribution in [0.4, 0.5) is 4.79 Å². The number of carbonyl (C=O) groups excluding carboxylic acids is 2. The molecule has 5 heteroatoms. The van der Waals surface area contributed by atoms with E-state index in [1.165, 1.54) is 5.56 Å². The Morgan fingerprint density at radius 2 is 1.59 bits per heavy atom. The van der Waals surface area contributed by atoms with Crippen molar-refractivity contribution in [3.63, 3.8) is 0 Å². The molecule has 0 spiro atoms. The van der Waals surface area contributed by atoms with Crippen molar-refractivity contribution < 1.29 is 19.1 Å². The molecule has 3 aliphatic rings. The largest absolute Gasteiger partial charge is 0.459 e. The Morgan fingerprint density at radius 1 is 0.941 bits per heavy atom. The van der Waals surface area contributed by atoms with E-state index >= 15 is 0 Å². The first kappa shape index (κ1) is 24.1. The molecule has 1 N–H and O–H groups in total. The summed E-state index contributed by atoms with van der Waals surface area (Å²) in [7, 11) is 0. The van der Waals surface area contributed by atoms with Gasteiger partial charge in [-0.05, 0) is 75.1 Å². The molecule has 2 aromatic carbocycles. The minimum atomic E-state index is -0.666. The van der Waals surface area contributed by atoms with Crippen LogP contribution in [0.2, 0.25) is 0 Å². The standard InChI is InChI=1S/C29H35NO4/c1-5-22-13-9-10-14-23(22)24-19-28(25(31)34-27(2,3)4)15-17-29(24,18-16-28)30-26(32)33-20-21-11-7-6-8-12-21/h6-14,19H,5,15-18,20H2,1-4H3,(H,30,32). The second kappa shape index (κ2) is 9.28. The average molecular weight is 462 g/mol. The van der Waals surface area contributed by atoms with Crippen molar-refractivity contribution in [3.8, 4) is 0 Å². The van der Waals surface area contributed by atoms with Gasteiger partial charge in [0, 0.05) is 0 Å². The number of carbonyl (C=O) groups is 2. The van der Waals surface area contributed by atoms with Crippen LogP contribution < -0.4 is 5.32 Å². The van der Waals surface area contributed by atoms with Crippen LogP contribution in [0.5, 0.6) is 0 Å².